The average Bonchev–Trinajstić information content (AvgIpc) is 2.04. The summed E-state index contributed by atoms with van der Waals surface area (Å²) in [5.41, 5.74) is 0. The Bertz CT molecular complexity index is 168. The van der Waals surface area contributed by atoms with Gasteiger partial charge in [-0.15, -0.1) is 0 Å². The molecule has 0 aromatic carbocycles. The molecule has 4 heteroatoms. The Kier molecular flexibility index (Phi) is 3.05. The first-order valence-corrected chi connectivity index (χ1v) is 4.08. The highest BCUT2D eigenvalue weighted by Gasteiger charge is 2.32. The quantitative estimate of drug-likeness (QED) is 0.629. The summed E-state index contributed by atoms with van der Waals surface area (Å²) in [6.07, 6.45) is 0.748. The number of methoxy groups -OCH3 is 1. The number of carboxylic acids is 1. The highest BCUT2D eigenvalue weighted by molar-refractivity contribution is 5.70. The molecule has 0 spiro atoms. The summed E-state index contributed by atoms with van der Waals surface area (Å²) in [4.78, 5) is 10.5. The van der Waals surface area contributed by atoms with Crippen LogP contribution in [0.25, 0.3) is 0 Å². The summed E-state index contributed by atoms with van der Waals surface area (Å²) in [5.74, 6) is -1.21. The summed E-state index contributed by atoms with van der Waals surface area (Å²) in [5, 5.41) is 18.1. The lowest BCUT2D eigenvalue weighted by Crippen LogP contribution is -2.37. The largest absolute Gasteiger partial charge is 0.481 e. The monoisotopic (exact) mass is 174 g/mol. The van der Waals surface area contributed by atoms with Gasteiger partial charge in [0.1, 0.15) is 0 Å². The predicted octanol–water partition coefficient (Wildman–Crippen LogP) is 0.247. The van der Waals surface area contributed by atoms with Crippen LogP contribution in [0.15, 0.2) is 0 Å². The number of hydrogen-bond donors (Lipinski definition) is 2. The van der Waals surface area contributed by atoms with Gasteiger partial charge in [0.2, 0.25) is 0 Å². The van der Waals surface area contributed by atoms with Crippen LogP contribution in [0.3, 0.4) is 0 Å². The number of carbonyl (C=O) groups is 1. The molecular formula is C8H14O4. The second-order valence-corrected chi connectivity index (χ2v) is 3.19. The van der Waals surface area contributed by atoms with Gasteiger partial charge in [-0.05, 0) is 19.3 Å². The van der Waals surface area contributed by atoms with Crippen LogP contribution in [0.4, 0.5) is 0 Å². The lowest BCUT2D eigenvalue weighted by atomic mass is 9.85. The van der Waals surface area contributed by atoms with Crippen molar-refractivity contribution in [3.8, 4) is 0 Å². The van der Waals surface area contributed by atoms with Crippen LogP contribution in [0.5, 0.6) is 0 Å². The first-order chi connectivity index (χ1) is 5.65. The first kappa shape index (κ1) is 9.48. The van der Waals surface area contributed by atoms with Gasteiger partial charge in [0, 0.05) is 7.11 Å². The second kappa shape index (κ2) is 3.87. The minimum absolute atomic E-state index is 0.180. The zero-order valence-corrected chi connectivity index (χ0v) is 7.06. The third-order valence-electron chi connectivity index (χ3n) is 2.41. The summed E-state index contributed by atoms with van der Waals surface area (Å²) >= 11 is 0. The number of aliphatic carboxylic acids is 1. The van der Waals surface area contributed by atoms with Gasteiger partial charge in [-0.25, -0.2) is 0 Å². The Balaban J connectivity index is 2.46. The number of carboxylic acid groups (broad SMARTS) is 1. The first-order valence-electron chi connectivity index (χ1n) is 4.08. The molecule has 0 aliphatic heterocycles. The maximum atomic E-state index is 10.5. The van der Waals surface area contributed by atoms with Crippen LogP contribution in [0.1, 0.15) is 19.3 Å². The fourth-order valence-corrected chi connectivity index (χ4v) is 1.62. The standard InChI is InChI=1S/C8H14O4/c1-12-7-3-2-5(8(10)11)4-6(7)9/h5-7,9H,2-4H2,1H3,(H,10,11). The van der Waals surface area contributed by atoms with Crippen molar-refractivity contribution in [1.82, 2.24) is 0 Å². The van der Waals surface area contributed by atoms with E-state index in [4.69, 9.17) is 9.84 Å². The van der Waals surface area contributed by atoms with Gasteiger partial charge in [0.25, 0.3) is 0 Å². The van der Waals surface area contributed by atoms with E-state index in [-0.39, 0.29) is 6.10 Å². The number of aliphatic hydroxyl groups is 1. The Labute approximate surface area is 71.2 Å². The molecular weight excluding hydrogens is 160 g/mol. The summed E-state index contributed by atoms with van der Waals surface area (Å²) in [6, 6.07) is 0. The average molecular weight is 174 g/mol. The molecule has 1 saturated carbocycles. The van der Waals surface area contributed by atoms with Crippen LogP contribution in [-0.2, 0) is 9.53 Å². The molecule has 0 heterocycles. The molecule has 4 nitrogen and oxygen atoms in total. The molecule has 0 amide bonds. The molecule has 3 atom stereocenters. The van der Waals surface area contributed by atoms with Gasteiger partial charge in [0.15, 0.2) is 0 Å². The van der Waals surface area contributed by atoms with Crippen LogP contribution in [0, 0.1) is 5.92 Å². The summed E-state index contributed by atoms with van der Waals surface area (Å²) < 4.78 is 4.99. The highest BCUT2D eigenvalue weighted by Crippen LogP contribution is 2.26. The van der Waals surface area contributed by atoms with Gasteiger partial charge in [-0.2, -0.15) is 0 Å². The smallest absolute Gasteiger partial charge is 0.306 e. The molecule has 0 bridgehead atoms. The van der Waals surface area contributed by atoms with Crippen LogP contribution >= 0.6 is 0 Å². The predicted molar refractivity (Wildman–Crippen MR) is 41.8 cm³/mol. The number of ether oxygens (including phenoxy) is 1. The number of hydrogen-bond acceptors (Lipinski definition) is 3. The highest BCUT2D eigenvalue weighted by atomic mass is 16.5. The molecule has 2 N–H and O–H groups in total. The zero-order valence-electron chi connectivity index (χ0n) is 7.06. The van der Waals surface area contributed by atoms with Crippen LogP contribution in [0.2, 0.25) is 0 Å². The minimum Gasteiger partial charge on any atom is -0.481 e. The van der Waals surface area contributed by atoms with E-state index in [9.17, 15) is 9.90 Å². The molecule has 12 heavy (non-hydrogen) atoms. The molecule has 0 radical (unpaired) electrons. The lowest BCUT2D eigenvalue weighted by Gasteiger charge is -2.29. The normalized spacial score (nSPS) is 36.3. The van der Waals surface area contributed by atoms with Crippen LogP contribution < -0.4 is 0 Å². The summed E-state index contributed by atoms with van der Waals surface area (Å²) in [6.45, 7) is 0. The zero-order chi connectivity index (χ0) is 9.14. The molecule has 70 valence electrons. The molecule has 1 aliphatic rings. The topological polar surface area (TPSA) is 66.8 Å². The van der Waals surface area contributed by atoms with Crippen molar-refractivity contribution in [2.24, 2.45) is 5.92 Å². The van der Waals surface area contributed by atoms with E-state index in [2.05, 4.69) is 0 Å². The fraction of sp³-hybridized carbons (Fsp3) is 0.875. The van der Waals surface area contributed by atoms with Crippen molar-refractivity contribution in [2.45, 2.75) is 31.5 Å². The Hall–Kier alpha value is -0.610. The Morgan fingerprint density at radius 2 is 2.17 bits per heavy atom. The van der Waals surface area contributed by atoms with Gasteiger partial charge < -0.3 is 14.9 Å². The van der Waals surface area contributed by atoms with Crippen molar-refractivity contribution in [2.75, 3.05) is 7.11 Å². The van der Waals surface area contributed by atoms with Gasteiger partial charge in [-0.3, -0.25) is 4.79 Å². The third-order valence-corrected chi connectivity index (χ3v) is 2.41. The molecule has 0 saturated heterocycles. The van der Waals surface area contributed by atoms with E-state index in [0.29, 0.717) is 19.3 Å². The molecule has 0 aromatic rings. The van der Waals surface area contributed by atoms with Gasteiger partial charge in [0.05, 0.1) is 18.1 Å². The van der Waals surface area contributed by atoms with Crippen molar-refractivity contribution in [1.29, 1.82) is 0 Å². The van der Waals surface area contributed by atoms with Crippen molar-refractivity contribution in [3.05, 3.63) is 0 Å². The molecule has 3 unspecified atom stereocenters. The van der Waals surface area contributed by atoms with E-state index in [1.54, 1.807) is 0 Å². The minimum atomic E-state index is -0.816. The van der Waals surface area contributed by atoms with E-state index < -0.39 is 18.0 Å². The number of aliphatic hydroxyl groups excluding tert-OH is 1. The van der Waals surface area contributed by atoms with E-state index >= 15 is 0 Å². The van der Waals surface area contributed by atoms with Crippen LogP contribution in [-0.4, -0.2) is 35.5 Å². The van der Waals surface area contributed by atoms with E-state index in [0.717, 1.165) is 0 Å². The molecule has 1 fully saturated rings. The SMILES string of the molecule is COC1CCC(C(=O)O)CC1O. The lowest BCUT2D eigenvalue weighted by molar-refractivity contribution is -0.147. The molecule has 1 rings (SSSR count). The van der Waals surface area contributed by atoms with Crippen molar-refractivity contribution < 1.29 is 19.7 Å². The number of rotatable bonds is 2. The van der Waals surface area contributed by atoms with Gasteiger partial charge in [-0.1, -0.05) is 0 Å². The summed E-state index contributed by atoms with van der Waals surface area (Å²) in [7, 11) is 1.54. The second-order valence-electron chi connectivity index (χ2n) is 3.19. The maximum absolute atomic E-state index is 10.5. The maximum Gasteiger partial charge on any atom is 0.306 e. The fourth-order valence-electron chi connectivity index (χ4n) is 1.62. The Morgan fingerprint density at radius 3 is 2.58 bits per heavy atom. The Morgan fingerprint density at radius 1 is 1.50 bits per heavy atom. The van der Waals surface area contributed by atoms with Crippen molar-refractivity contribution in [3.63, 3.8) is 0 Å². The molecule has 0 aromatic heterocycles. The third kappa shape index (κ3) is 1.95. The van der Waals surface area contributed by atoms with Gasteiger partial charge >= 0.3 is 5.97 Å². The van der Waals surface area contributed by atoms with E-state index in [1.807, 2.05) is 0 Å². The van der Waals surface area contributed by atoms with E-state index in [1.165, 1.54) is 7.11 Å². The van der Waals surface area contributed by atoms with Crippen molar-refractivity contribution >= 4 is 5.97 Å². The molecule has 1 aliphatic carbocycles.